The third-order valence-electron chi connectivity index (χ3n) is 2.88. The van der Waals surface area contributed by atoms with Crippen LogP contribution in [-0.2, 0) is 4.79 Å². The van der Waals surface area contributed by atoms with E-state index >= 15 is 0 Å². The van der Waals surface area contributed by atoms with Crippen LogP contribution in [0.25, 0.3) is 0 Å². The van der Waals surface area contributed by atoms with E-state index < -0.39 is 6.04 Å². The lowest BCUT2D eigenvalue weighted by molar-refractivity contribution is -0.117. The Labute approximate surface area is 124 Å². The molecule has 0 fully saturated rings. The molecule has 2 aromatic rings. The number of aryl methyl sites for hydroxylation is 1. The standard InChI is InChI=1S/C17H17N3O/c1-12-6-3-4-7-14(12)10-11-15-8-5-9-16(19-15)20-17(21)13(2)18/h3-9,13H,18H2,1-2H3,(H,19,20,21). The minimum absolute atomic E-state index is 0.272. The molecular formula is C17H17N3O. The number of pyridine rings is 1. The van der Waals surface area contributed by atoms with E-state index in [1.54, 1.807) is 25.1 Å². The molecule has 4 nitrogen and oxygen atoms in total. The molecule has 4 heteroatoms. The average molecular weight is 279 g/mol. The van der Waals surface area contributed by atoms with Crippen molar-refractivity contribution in [3.8, 4) is 11.8 Å². The summed E-state index contributed by atoms with van der Waals surface area (Å²) in [5.74, 6) is 6.26. The highest BCUT2D eigenvalue weighted by molar-refractivity contribution is 5.93. The molecule has 0 saturated heterocycles. The van der Waals surface area contributed by atoms with E-state index in [0.717, 1.165) is 11.1 Å². The van der Waals surface area contributed by atoms with E-state index in [-0.39, 0.29) is 5.91 Å². The van der Waals surface area contributed by atoms with Crippen LogP contribution in [0.2, 0.25) is 0 Å². The van der Waals surface area contributed by atoms with Gasteiger partial charge in [0.25, 0.3) is 0 Å². The first kappa shape index (κ1) is 14.8. The van der Waals surface area contributed by atoms with Gasteiger partial charge in [-0.3, -0.25) is 4.79 Å². The van der Waals surface area contributed by atoms with Crippen LogP contribution in [0.4, 0.5) is 5.82 Å². The normalized spacial score (nSPS) is 11.2. The quantitative estimate of drug-likeness (QED) is 0.827. The maximum atomic E-state index is 11.5. The van der Waals surface area contributed by atoms with Gasteiger partial charge in [0.15, 0.2) is 0 Å². The minimum atomic E-state index is -0.575. The highest BCUT2D eigenvalue weighted by atomic mass is 16.2. The number of nitrogens with one attached hydrogen (secondary N) is 1. The van der Waals surface area contributed by atoms with Gasteiger partial charge in [0.1, 0.15) is 11.5 Å². The Bertz CT molecular complexity index is 711. The molecule has 1 atom stereocenters. The number of nitrogens with two attached hydrogens (primary N) is 1. The summed E-state index contributed by atoms with van der Waals surface area (Å²) in [5.41, 5.74) is 8.18. The third kappa shape index (κ3) is 4.16. The summed E-state index contributed by atoms with van der Waals surface area (Å²) in [6.45, 7) is 3.63. The number of carbonyl (C=O) groups is 1. The molecule has 1 aromatic carbocycles. The number of amides is 1. The van der Waals surface area contributed by atoms with Gasteiger partial charge in [0.05, 0.1) is 6.04 Å². The molecule has 2 rings (SSSR count). The van der Waals surface area contributed by atoms with Gasteiger partial charge < -0.3 is 11.1 Å². The van der Waals surface area contributed by atoms with Crippen molar-refractivity contribution in [3.05, 3.63) is 59.3 Å². The van der Waals surface area contributed by atoms with Crippen LogP contribution < -0.4 is 11.1 Å². The maximum Gasteiger partial charge on any atom is 0.242 e. The van der Waals surface area contributed by atoms with Crippen LogP contribution >= 0.6 is 0 Å². The Morgan fingerprint density at radius 1 is 1.19 bits per heavy atom. The molecule has 0 aliphatic heterocycles. The van der Waals surface area contributed by atoms with Crippen molar-refractivity contribution in [2.45, 2.75) is 19.9 Å². The van der Waals surface area contributed by atoms with Crippen molar-refractivity contribution in [2.75, 3.05) is 5.32 Å². The van der Waals surface area contributed by atoms with E-state index in [4.69, 9.17) is 5.73 Å². The van der Waals surface area contributed by atoms with Crippen LogP contribution in [0, 0.1) is 18.8 Å². The second kappa shape index (κ2) is 6.69. The van der Waals surface area contributed by atoms with Gasteiger partial charge in [-0.25, -0.2) is 4.98 Å². The maximum absolute atomic E-state index is 11.5. The van der Waals surface area contributed by atoms with Crippen LogP contribution in [0.5, 0.6) is 0 Å². The van der Waals surface area contributed by atoms with E-state index in [9.17, 15) is 4.79 Å². The van der Waals surface area contributed by atoms with Gasteiger partial charge in [-0.1, -0.05) is 30.2 Å². The molecule has 0 saturated carbocycles. The fourth-order valence-corrected chi connectivity index (χ4v) is 1.66. The lowest BCUT2D eigenvalue weighted by Gasteiger charge is -2.06. The summed E-state index contributed by atoms with van der Waals surface area (Å²) in [5, 5.41) is 2.65. The summed E-state index contributed by atoms with van der Waals surface area (Å²) in [7, 11) is 0. The third-order valence-corrected chi connectivity index (χ3v) is 2.88. The first-order valence-electron chi connectivity index (χ1n) is 6.67. The number of carbonyl (C=O) groups excluding carboxylic acids is 1. The Kier molecular flexibility index (Phi) is 4.70. The number of hydrogen-bond acceptors (Lipinski definition) is 3. The molecule has 0 spiro atoms. The Hall–Kier alpha value is -2.64. The van der Waals surface area contributed by atoms with Gasteiger partial charge in [-0.15, -0.1) is 0 Å². The van der Waals surface area contributed by atoms with Crippen molar-refractivity contribution >= 4 is 11.7 Å². The Balaban J connectivity index is 2.19. The minimum Gasteiger partial charge on any atom is -0.320 e. The zero-order valence-electron chi connectivity index (χ0n) is 12.1. The van der Waals surface area contributed by atoms with Gasteiger partial charge in [-0.2, -0.15) is 0 Å². The van der Waals surface area contributed by atoms with Gasteiger partial charge in [-0.05, 0) is 43.5 Å². The molecule has 3 N–H and O–H groups in total. The second-order valence-corrected chi connectivity index (χ2v) is 4.75. The summed E-state index contributed by atoms with van der Waals surface area (Å²) in [4.78, 5) is 15.8. The van der Waals surface area contributed by atoms with E-state index in [1.165, 1.54) is 0 Å². The van der Waals surface area contributed by atoms with E-state index in [1.807, 2.05) is 31.2 Å². The second-order valence-electron chi connectivity index (χ2n) is 4.75. The predicted molar refractivity (Wildman–Crippen MR) is 83.7 cm³/mol. The topological polar surface area (TPSA) is 68.0 Å². The zero-order valence-corrected chi connectivity index (χ0v) is 12.1. The first-order chi connectivity index (χ1) is 10.1. The van der Waals surface area contributed by atoms with E-state index in [2.05, 4.69) is 22.1 Å². The SMILES string of the molecule is Cc1ccccc1C#Cc1cccc(NC(=O)C(C)N)n1. The molecular weight excluding hydrogens is 262 g/mol. The molecule has 0 bridgehead atoms. The number of benzene rings is 1. The van der Waals surface area contributed by atoms with Gasteiger partial charge in [0, 0.05) is 5.56 Å². The summed E-state index contributed by atoms with van der Waals surface area (Å²) in [6, 6.07) is 12.6. The Morgan fingerprint density at radius 2 is 1.95 bits per heavy atom. The summed E-state index contributed by atoms with van der Waals surface area (Å²) in [6.07, 6.45) is 0. The van der Waals surface area contributed by atoms with Crippen molar-refractivity contribution in [1.82, 2.24) is 4.98 Å². The number of hydrogen-bond donors (Lipinski definition) is 2. The van der Waals surface area contributed by atoms with Crippen molar-refractivity contribution in [2.24, 2.45) is 5.73 Å². The number of anilines is 1. The van der Waals surface area contributed by atoms with Crippen molar-refractivity contribution in [1.29, 1.82) is 0 Å². The molecule has 0 aliphatic carbocycles. The van der Waals surface area contributed by atoms with Gasteiger partial charge >= 0.3 is 0 Å². The number of nitrogens with zero attached hydrogens (tertiary/aromatic N) is 1. The fourth-order valence-electron chi connectivity index (χ4n) is 1.66. The largest absolute Gasteiger partial charge is 0.320 e. The fraction of sp³-hybridized carbons (Fsp3) is 0.176. The number of aromatic nitrogens is 1. The lowest BCUT2D eigenvalue weighted by atomic mass is 10.1. The predicted octanol–water partition coefficient (Wildman–Crippen LogP) is 2.08. The van der Waals surface area contributed by atoms with Crippen LogP contribution in [0.1, 0.15) is 23.7 Å². The van der Waals surface area contributed by atoms with E-state index in [0.29, 0.717) is 11.5 Å². The zero-order chi connectivity index (χ0) is 15.2. The molecule has 0 aliphatic rings. The molecule has 1 aromatic heterocycles. The smallest absolute Gasteiger partial charge is 0.242 e. The highest BCUT2D eigenvalue weighted by Gasteiger charge is 2.07. The van der Waals surface area contributed by atoms with Crippen LogP contribution in [0.3, 0.4) is 0 Å². The lowest BCUT2D eigenvalue weighted by Crippen LogP contribution is -2.32. The molecule has 1 unspecified atom stereocenters. The number of rotatable bonds is 2. The van der Waals surface area contributed by atoms with Crippen molar-refractivity contribution in [3.63, 3.8) is 0 Å². The Morgan fingerprint density at radius 3 is 2.67 bits per heavy atom. The average Bonchev–Trinajstić information content (AvgIpc) is 2.46. The van der Waals surface area contributed by atoms with Crippen LogP contribution in [-0.4, -0.2) is 16.9 Å². The first-order valence-corrected chi connectivity index (χ1v) is 6.67. The van der Waals surface area contributed by atoms with Crippen molar-refractivity contribution < 1.29 is 4.79 Å². The molecule has 1 amide bonds. The monoisotopic (exact) mass is 279 g/mol. The van der Waals surface area contributed by atoms with Crippen LogP contribution in [0.15, 0.2) is 42.5 Å². The highest BCUT2D eigenvalue weighted by Crippen LogP contribution is 2.07. The molecule has 21 heavy (non-hydrogen) atoms. The summed E-state index contributed by atoms with van der Waals surface area (Å²) < 4.78 is 0. The summed E-state index contributed by atoms with van der Waals surface area (Å²) >= 11 is 0. The molecule has 0 radical (unpaired) electrons. The molecule has 1 heterocycles. The van der Waals surface area contributed by atoms with Gasteiger partial charge in [0.2, 0.25) is 5.91 Å². The molecule has 106 valence electrons.